The molecular formula is C19H21BrN2O2. The van der Waals surface area contributed by atoms with Gasteiger partial charge in [0.1, 0.15) is 0 Å². The van der Waals surface area contributed by atoms with E-state index in [1.165, 1.54) is 6.92 Å². The Bertz CT molecular complexity index is 759. The SMILES string of the molecule is CC(=O)N(CCC(=O)Nc1ccc(C)c(Br)c1)c1cccc(C)c1. The molecule has 0 spiro atoms. The third-order valence-electron chi connectivity index (χ3n) is 3.71. The molecule has 0 fully saturated rings. The van der Waals surface area contributed by atoms with Crippen molar-refractivity contribution in [2.75, 3.05) is 16.8 Å². The summed E-state index contributed by atoms with van der Waals surface area (Å²) < 4.78 is 0.949. The molecule has 2 aromatic carbocycles. The lowest BCUT2D eigenvalue weighted by Crippen LogP contribution is -2.32. The van der Waals surface area contributed by atoms with E-state index in [4.69, 9.17) is 0 Å². The van der Waals surface area contributed by atoms with Crippen LogP contribution >= 0.6 is 15.9 Å². The Kier molecular flexibility index (Phi) is 6.15. The van der Waals surface area contributed by atoms with Crippen molar-refractivity contribution in [2.24, 2.45) is 0 Å². The van der Waals surface area contributed by atoms with E-state index >= 15 is 0 Å². The molecule has 0 aliphatic carbocycles. The second-order valence-electron chi connectivity index (χ2n) is 5.77. The first-order valence-corrected chi connectivity index (χ1v) is 8.57. The summed E-state index contributed by atoms with van der Waals surface area (Å²) in [6.07, 6.45) is 0.235. The summed E-state index contributed by atoms with van der Waals surface area (Å²) in [5.74, 6) is -0.198. The minimum absolute atomic E-state index is 0.0773. The molecule has 1 N–H and O–H groups in total. The molecule has 4 nitrogen and oxygen atoms in total. The number of anilines is 2. The first-order valence-electron chi connectivity index (χ1n) is 7.77. The number of aryl methyl sites for hydroxylation is 2. The molecule has 24 heavy (non-hydrogen) atoms. The second kappa shape index (κ2) is 8.11. The standard InChI is InChI=1S/C19H21BrN2O2/c1-13-5-4-6-17(11-13)22(15(3)23)10-9-19(24)21-16-8-7-14(2)18(20)12-16/h4-8,11-12H,9-10H2,1-3H3,(H,21,24). The van der Waals surface area contributed by atoms with E-state index in [9.17, 15) is 9.59 Å². The van der Waals surface area contributed by atoms with Crippen LogP contribution in [0.25, 0.3) is 0 Å². The molecule has 0 atom stereocenters. The lowest BCUT2D eigenvalue weighted by molar-refractivity contribution is -0.117. The molecule has 0 aromatic heterocycles. The van der Waals surface area contributed by atoms with Crippen LogP contribution in [0, 0.1) is 13.8 Å². The maximum absolute atomic E-state index is 12.2. The van der Waals surface area contributed by atoms with Crippen molar-refractivity contribution in [3.8, 4) is 0 Å². The van der Waals surface area contributed by atoms with Crippen LogP contribution in [0.4, 0.5) is 11.4 Å². The van der Waals surface area contributed by atoms with Crippen LogP contribution in [0.5, 0.6) is 0 Å². The fourth-order valence-corrected chi connectivity index (χ4v) is 2.75. The van der Waals surface area contributed by atoms with E-state index in [0.717, 1.165) is 27.0 Å². The molecule has 2 rings (SSSR count). The number of nitrogens with zero attached hydrogens (tertiary/aromatic N) is 1. The number of benzene rings is 2. The van der Waals surface area contributed by atoms with Crippen molar-refractivity contribution in [1.82, 2.24) is 0 Å². The van der Waals surface area contributed by atoms with E-state index in [0.29, 0.717) is 6.54 Å². The molecule has 0 unspecified atom stereocenters. The summed E-state index contributed by atoms with van der Waals surface area (Å²) in [7, 11) is 0. The summed E-state index contributed by atoms with van der Waals surface area (Å²) in [5.41, 5.74) is 3.73. The fraction of sp³-hybridized carbons (Fsp3) is 0.263. The molecule has 0 aliphatic rings. The summed E-state index contributed by atoms with van der Waals surface area (Å²) >= 11 is 3.45. The van der Waals surface area contributed by atoms with Crippen LogP contribution < -0.4 is 10.2 Å². The lowest BCUT2D eigenvalue weighted by atomic mass is 10.2. The number of amides is 2. The van der Waals surface area contributed by atoms with Gasteiger partial charge in [0.2, 0.25) is 11.8 Å². The van der Waals surface area contributed by atoms with Crippen LogP contribution in [0.3, 0.4) is 0 Å². The Morgan fingerprint density at radius 2 is 1.88 bits per heavy atom. The van der Waals surface area contributed by atoms with E-state index in [1.54, 1.807) is 4.90 Å². The van der Waals surface area contributed by atoms with E-state index in [2.05, 4.69) is 21.2 Å². The highest BCUT2D eigenvalue weighted by Gasteiger charge is 2.14. The smallest absolute Gasteiger partial charge is 0.226 e. The number of carbonyl (C=O) groups excluding carboxylic acids is 2. The molecule has 0 heterocycles. The highest BCUT2D eigenvalue weighted by atomic mass is 79.9. The highest BCUT2D eigenvalue weighted by Crippen LogP contribution is 2.21. The van der Waals surface area contributed by atoms with Gasteiger partial charge in [-0.05, 0) is 49.2 Å². The minimum Gasteiger partial charge on any atom is -0.326 e. The molecule has 0 saturated carbocycles. The third kappa shape index (κ3) is 4.93. The Morgan fingerprint density at radius 1 is 1.12 bits per heavy atom. The lowest BCUT2D eigenvalue weighted by Gasteiger charge is -2.21. The normalized spacial score (nSPS) is 10.3. The van der Waals surface area contributed by atoms with Gasteiger partial charge in [-0.25, -0.2) is 0 Å². The van der Waals surface area contributed by atoms with Gasteiger partial charge < -0.3 is 10.2 Å². The van der Waals surface area contributed by atoms with E-state index < -0.39 is 0 Å². The summed E-state index contributed by atoms with van der Waals surface area (Å²) in [6, 6.07) is 13.4. The Morgan fingerprint density at radius 3 is 2.50 bits per heavy atom. The summed E-state index contributed by atoms with van der Waals surface area (Å²) in [4.78, 5) is 25.7. The monoisotopic (exact) mass is 388 g/mol. The van der Waals surface area contributed by atoms with Gasteiger partial charge in [-0.15, -0.1) is 0 Å². The van der Waals surface area contributed by atoms with Crippen molar-refractivity contribution in [3.63, 3.8) is 0 Å². The van der Waals surface area contributed by atoms with Crippen LogP contribution in [-0.4, -0.2) is 18.4 Å². The fourth-order valence-electron chi connectivity index (χ4n) is 2.37. The van der Waals surface area contributed by atoms with Crippen molar-refractivity contribution in [3.05, 3.63) is 58.1 Å². The average Bonchev–Trinajstić information content (AvgIpc) is 2.51. The molecule has 0 bridgehead atoms. The van der Waals surface area contributed by atoms with E-state index in [-0.39, 0.29) is 18.2 Å². The van der Waals surface area contributed by atoms with Crippen molar-refractivity contribution < 1.29 is 9.59 Å². The minimum atomic E-state index is -0.121. The number of carbonyl (C=O) groups is 2. The maximum Gasteiger partial charge on any atom is 0.226 e. The van der Waals surface area contributed by atoms with Crippen molar-refractivity contribution in [1.29, 1.82) is 0 Å². The van der Waals surface area contributed by atoms with Gasteiger partial charge in [-0.3, -0.25) is 9.59 Å². The predicted molar refractivity (Wildman–Crippen MR) is 101 cm³/mol. The number of hydrogen-bond donors (Lipinski definition) is 1. The van der Waals surface area contributed by atoms with Crippen LogP contribution in [0.2, 0.25) is 0 Å². The van der Waals surface area contributed by atoms with E-state index in [1.807, 2.05) is 56.3 Å². The first kappa shape index (κ1) is 18.2. The van der Waals surface area contributed by atoms with Crippen LogP contribution in [-0.2, 0) is 9.59 Å². The van der Waals surface area contributed by atoms with Gasteiger partial charge in [0, 0.05) is 35.7 Å². The molecule has 2 aromatic rings. The zero-order valence-electron chi connectivity index (χ0n) is 14.1. The molecule has 2 amide bonds. The van der Waals surface area contributed by atoms with Gasteiger partial charge in [-0.1, -0.05) is 34.1 Å². The number of rotatable bonds is 5. The van der Waals surface area contributed by atoms with Gasteiger partial charge in [-0.2, -0.15) is 0 Å². The predicted octanol–water partition coefficient (Wildman–Crippen LogP) is 4.45. The average molecular weight is 389 g/mol. The third-order valence-corrected chi connectivity index (χ3v) is 4.57. The topological polar surface area (TPSA) is 49.4 Å². The Hall–Kier alpha value is -2.14. The largest absolute Gasteiger partial charge is 0.326 e. The van der Waals surface area contributed by atoms with Crippen molar-refractivity contribution >= 4 is 39.1 Å². The highest BCUT2D eigenvalue weighted by molar-refractivity contribution is 9.10. The summed E-state index contributed by atoms with van der Waals surface area (Å²) in [6.45, 7) is 5.82. The zero-order valence-corrected chi connectivity index (χ0v) is 15.7. The number of halogens is 1. The van der Waals surface area contributed by atoms with Crippen molar-refractivity contribution in [2.45, 2.75) is 27.2 Å². The second-order valence-corrected chi connectivity index (χ2v) is 6.63. The Balaban J connectivity index is 2.00. The molecular weight excluding hydrogens is 368 g/mol. The zero-order chi connectivity index (χ0) is 17.7. The number of nitrogens with one attached hydrogen (secondary N) is 1. The maximum atomic E-state index is 12.2. The molecule has 0 radical (unpaired) electrons. The van der Waals surface area contributed by atoms with Gasteiger partial charge in [0.25, 0.3) is 0 Å². The first-order chi connectivity index (χ1) is 11.4. The molecule has 5 heteroatoms. The van der Waals surface area contributed by atoms with Gasteiger partial charge in [0.05, 0.1) is 0 Å². The number of hydrogen-bond acceptors (Lipinski definition) is 2. The van der Waals surface area contributed by atoms with Crippen LogP contribution in [0.1, 0.15) is 24.5 Å². The van der Waals surface area contributed by atoms with Gasteiger partial charge >= 0.3 is 0 Å². The van der Waals surface area contributed by atoms with Crippen LogP contribution in [0.15, 0.2) is 46.9 Å². The quantitative estimate of drug-likeness (QED) is 0.822. The molecule has 0 saturated heterocycles. The molecule has 126 valence electrons. The summed E-state index contributed by atoms with van der Waals surface area (Å²) in [5, 5.41) is 2.86. The Labute approximate surface area is 151 Å². The molecule has 0 aliphatic heterocycles. The van der Waals surface area contributed by atoms with Gasteiger partial charge in [0.15, 0.2) is 0 Å².